The number of rotatable bonds is 1. The Morgan fingerprint density at radius 2 is 1.27 bits per heavy atom. The predicted molar refractivity (Wildman–Crippen MR) is 197 cm³/mol. The molecular weight excluding hydrogens is 612 g/mol. The van der Waals surface area contributed by atoms with Gasteiger partial charge in [0, 0.05) is 48.6 Å². The second kappa shape index (κ2) is 10.4. The summed E-state index contributed by atoms with van der Waals surface area (Å²) in [7, 11) is 4.11. The molecule has 0 N–H and O–H groups in total. The van der Waals surface area contributed by atoms with Gasteiger partial charge in [-0.15, -0.1) is 0 Å². The Morgan fingerprint density at radius 1 is 0.694 bits per heavy atom. The van der Waals surface area contributed by atoms with Gasteiger partial charge in [-0.25, -0.2) is 0 Å². The highest BCUT2D eigenvalue weighted by atomic mass is 16.6. The molecule has 2 atom stereocenters. The van der Waals surface area contributed by atoms with Gasteiger partial charge in [-0.1, -0.05) is 66.7 Å². The van der Waals surface area contributed by atoms with Gasteiger partial charge in [-0.05, 0) is 80.6 Å². The Morgan fingerprint density at radius 3 is 1.94 bits per heavy atom. The van der Waals surface area contributed by atoms with Gasteiger partial charge < -0.3 is 19.3 Å². The molecule has 49 heavy (non-hydrogen) atoms. The molecule has 5 aromatic carbocycles. The van der Waals surface area contributed by atoms with Gasteiger partial charge in [0.25, 0.3) is 5.69 Å². The summed E-state index contributed by atoms with van der Waals surface area (Å²) in [6.07, 6.45) is 5.93. The third-order valence-electron chi connectivity index (χ3n) is 11.1. The zero-order chi connectivity index (χ0) is 34.3. The predicted octanol–water partition coefficient (Wildman–Crippen LogP) is 9.18. The van der Waals surface area contributed by atoms with Crippen molar-refractivity contribution in [2.45, 2.75) is 50.0 Å². The third-order valence-corrected chi connectivity index (χ3v) is 11.1. The van der Waals surface area contributed by atoms with Gasteiger partial charge in [0.05, 0.1) is 22.0 Å². The Kier molecular flexibility index (Phi) is 6.53. The van der Waals surface area contributed by atoms with Crippen LogP contribution in [0.1, 0.15) is 44.4 Å². The van der Waals surface area contributed by atoms with E-state index in [1.54, 1.807) is 12.1 Å². The summed E-state index contributed by atoms with van der Waals surface area (Å²) < 4.78 is 13.1. The van der Waals surface area contributed by atoms with Gasteiger partial charge in [0.2, 0.25) is 11.4 Å². The van der Waals surface area contributed by atoms with Crippen molar-refractivity contribution in [3.05, 3.63) is 136 Å². The third kappa shape index (κ3) is 4.13. The number of likely N-dealkylation sites (N-methyl/N-ethyl adjacent to an activating group) is 2. The SMILES string of the molecule is CN1c2ccccc2C(C)(C)C12C=Cc1cc([N+](=O)[O-])ccc1O2.CN1c2ccccc2C(C)(C)C12C=Nc1c(ccc3ccccc13)O2. The quantitative estimate of drug-likeness (QED) is 0.133. The maximum Gasteiger partial charge on any atom is 0.270 e. The smallest absolute Gasteiger partial charge is 0.270 e. The van der Waals surface area contributed by atoms with Crippen molar-refractivity contribution >= 4 is 45.8 Å². The van der Waals surface area contributed by atoms with Gasteiger partial charge in [0.1, 0.15) is 17.2 Å². The first-order valence-corrected chi connectivity index (χ1v) is 16.5. The highest BCUT2D eigenvalue weighted by Gasteiger charge is 2.59. The van der Waals surface area contributed by atoms with Crippen LogP contribution in [0.25, 0.3) is 16.8 Å². The Hall–Kier alpha value is -5.63. The van der Waals surface area contributed by atoms with Crippen LogP contribution in [-0.4, -0.2) is 36.7 Å². The standard InChI is InChI=1S/C22H20N2O.C19H18N2O3/c1-21(2)17-10-6-7-11-18(17)24(3)22(21)14-23-20-16-9-5-4-8-15(16)12-13-19(20)25-22;1-18(2)15-6-4-5-7-16(15)20(3)19(18)11-10-13-12-14(21(22)23)8-9-17(13)24-19/h4-14H,1-3H3;4-12H,1-3H3. The second-order valence-electron chi connectivity index (χ2n) is 14.2. The average Bonchev–Trinajstić information content (AvgIpc) is 3.38. The molecule has 2 unspecified atom stereocenters. The first-order chi connectivity index (χ1) is 23.4. The van der Waals surface area contributed by atoms with E-state index in [9.17, 15) is 10.1 Å². The molecule has 4 aliphatic heterocycles. The Bertz CT molecular complexity index is 2240. The highest BCUT2D eigenvalue weighted by Crippen LogP contribution is 2.55. The van der Waals surface area contributed by atoms with E-state index in [4.69, 9.17) is 14.5 Å². The average molecular weight is 651 g/mol. The normalized spacial score (nSPS) is 22.8. The molecule has 0 radical (unpaired) electrons. The summed E-state index contributed by atoms with van der Waals surface area (Å²) in [5, 5.41) is 13.3. The van der Waals surface area contributed by atoms with Crippen molar-refractivity contribution in [1.82, 2.24) is 0 Å². The molecule has 0 bridgehead atoms. The zero-order valence-electron chi connectivity index (χ0n) is 28.5. The molecule has 9 rings (SSSR count). The molecule has 5 aromatic rings. The minimum Gasteiger partial charge on any atom is -0.463 e. The lowest BCUT2D eigenvalue weighted by Gasteiger charge is -2.45. The number of fused-ring (bicyclic) bond motifs is 6. The minimum atomic E-state index is -0.653. The molecule has 0 aliphatic carbocycles. The van der Waals surface area contributed by atoms with E-state index >= 15 is 0 Å². The summed E-state index contributed by atoms with van der Waals surface area (Å²) in [4.78, 5) is 19.8. The monoisotopic (exact) mass is 650 g/mol. The molecule has 0 saturated heterocycles. The lowest BCUT2D eigenvalue weighted by atomic mass is 9.76. The molecular formula is C41H38N4O4. The van der Waals surface area contributed by atoms with Crippen LogP contribution in [0, 0.1) is 10.1 Å². The number of para-hydroxylation sites is 2. The molecule has 8 heteroatoms. The number of aliphatic imine (C=N–C) groups is 1. The van der Waals surface area contributed by atoms with Crippen molar-refractivity contribution in [2.75, 3.05) is 23.9 Å². The number of ether oxygens (including phenoxy) is 2. The van der Waals surface area contributed by atoms with Gasteiger partial charge in [0.15, 0.2) is 0 Å². The van der Waals surface area contributed by atoms with Gasteiger partial charge in [-0.3, -0.25) is 15.1 Å². The Labute approximate surface area is 286 Å². The number of anilines is 2. The first-order valence-electron chi connectivity index (χ1n) is 16.5. The van der Waals surface area contributed by atoms with Crippen LogP contribution in [0.3, 0.4) is 0 Å². The van der Waals surface area contributed by atoms with Crippen molar-refractivity contribution in [3.8, 4) is 11.5 Å². The largest absolute Gasteiger partial charge is 0.463 e. The summed E-state index contributed by atoms with van der Waals surface area (Å²) in [5.41, 5.74) is 4.81. The van der Waals surface area contributed by atoms with E-state index < -0.39 is 11.4 Å². The van der Waals surface area contributed by atoms with Crippen LogP contribution in [0.15, 0.2) is 114 Å². The van der Waals surface area contributed by atoms with E-state index in [-0.39, 0.29) is 21.4 Å². The van der Waals surface area contributed by atoms with E-state index in [1.165, 1.54) is 28.3 Å². The fraction of sp³-hybridized carbons (Fsp3) is 0.244. The number of non-ortho nitro benzene ring substituents is 1. The molecule has 8 nitrogen and oxygen atoms in total. The van der Waals surface area contributed by atoms with E-state index in [0.29, 0.717) is 5.75 Å². The van der Waals surface area contributed by atoms with Crippen molar-refractivity contribution in [2.24, 2.45) is 4.99 Å². The van der Waals surface area contributed by atoms with Crippen molar-refractivity contribution in [1.29, 1.82) is 0 Å². The van der Waals surface area contributed by atoms with Crippen molar-refractivity contribution < 1.29 is 14.4 Å². The summed E-state index contributed by atoms with van der Waals surface area (Å²) in [6.45, 7) is 8.78. The maximum atomic E-state index is 11.0. The number of nitro benzene ring substituents is 1. The maximum absolute atomic E-state index is 11.0. The summed E-state index contributed by atoms with van der Waals surface area (Å²) >= 11 is 0. The Balaban J connectivity index is 0.000000142. The molecule has 0 aromatic heterocycles. The molecule has 2 spiro atoms. The molecule has 0 amide bonds. The molecule has 246 valence electrons. The lowest BCUT2D eigenvalue weighted by Crippen LogP contribution is -2.61. The number of hydrogen-bond acceptors (Lipinski definition) is 7. The summed E-state index contributed by atoms with van der Waals surface area (Å²) in [5.74, 6) is 1.50. The summed E-state index contributed by atoms with van der Waals surface area (Å²) in [6, 6.07) is 34.0. The van der Waals surface area contributed by atoms with Gasteiger partial charge in [-0.2, -0.15) is 0 Å². The highest BCUT2D eigenvalue weighted by molar-refractivity contribution is 5.99. The molecule has 0 saturated carbocycles. The van der Waals surface area contributed by atoms with Gasteiger partial charge >= 0.3 is 0 Å². The number of nitro groups is 1. The fourth-order valence-electron chi connectivity index (χ4n) is 8.21. The van der Waals surface area contributed by atoms with Crippen LogP contribution in [-0.2, 0) is 10.8 Å². The van der Waals surface area contributed by atoms with E-state index in [2.05, 4.69) is 99.1 Å². The number of hydrogen-bond donors (Lipinski definition) is 0. The van der Waals surface area contributed by atoms with E-state index in [0.717, 1.165) is 28.1 Å². The first kappa shape index (κ1) is 30.7. The van der Waals surface area contributed by atoms with Crippen LogP contribution in [0.2, 0.25) is 0 Å². The topological polar surface area (TPSA) is 80.4 Å². The fourth-order valence-corrected chi connectivity index (χ4v) is 8.21. The molecule has 0 fully saturated rings. The lowest BCUT2D eigenvalue weighted by molar-refractivity contribution is -0.384. The number of nitrogens with zero attached hydrogens (tertiary/aromatic N) is 4. The van der Waals surface area contributed by atoms with E-state index in [1.807, 2.05) is 55.7 Å². The molecule has 4 heterocycles. The molecule has 4 aliphatic rings. The number of benzene rings is 5. The van der Waals surface area contributed by atoms with Crippen molar-refractivity contribution in [3.63, 3.8) is 0 Å². The second-order valence-corrected chi connectivity index (χ2v) is 14.2. The minimum absolute atomic E-state index is 0.0697. The van der Waals surface area contributed by atoms with Crippen LogP contribution in [0.4, 0.5) is 22.7 Å². The zero-order valence-corrected chi connectivity index (χ0v) is 28.5. The van der Waals surface area contributed by atoms with Crippen LogP contribution < -0.4 is 19.3 Å². The van der Waals surface area contributed by atoms with Crippen LogP contribution in [0.5, 0.6) is 11.5 Å². The van der Waals surface area contributed by atoms with Crippen LogP contribution >= 0.6 is 0 Å².